The van der Waals surface area contributed by atoms with E-state index >= 15 is 0 Å². The molecule has 1 spiro atoms. The Morgan fingerprint density at radius 1 is 1.24 bits per heavy atom. The third-order valence-corrected chi connectivity index (χ3v) is 5.36. The van der Waals surface area contributed by atoms with Crippen LogP contribution in [-0.4, -0.2) is 24.0 Å². The topological polar surface area (TPSA) is 3.01 Å². The molecule has 4 rings (SSSR count). The van der Waals surface area contributed by atoms with Crippen LogP contribution in [0.5, 0.6) is 0 Å². The monoisotopic (exact) mass is 301 g/mol. The molecule has 0 N–H and O–H groups in total. The molecule has 2 bridgehead atoms. The molecule has 1 heterocycles. The first kappa shape index (κ1) is 12.3. The number of benzene rings is 1. The maximum Gasteiger partial charge on any atom is 0.0386 e. The third-order valence-electron chi connectivity index (χ3n) is 5.36. The van der Waals surface area contributed by atoms with E-state index in [0.717, 1.165) is 11.8 Å². The summed E-state index contributed by atoms with van der Waals surface area (Å²) in [5, 5.41) is 0. The van der Waals surface area contributed by atoms with E-state index in [1.807, 2.05) is 0 Å². The molecule has 1 saturated heterocycles. The quantitative estimate of drug-likeness (QED) is 0.525. The number of rotatable bonds is 0. The fourth-order valence-electron chi connectivity index (χ4n) is 4.44. The zero-order valence-electron chi connectivity index (χ0n) is 10.4. The summed E-state index contributed by atoms with van der Waals surface area (Å²) in [5.74, 6) is 1.84. The molecule has 2 aliphatic carbocycles. The van der Waals surface area contributed by atoms with Crippen molar-refractivity contribution in [2.24, 2.45) is 11.8 Å². The minimum absolute atomic E-state index is 0. The average molecular weight is 301 g/mol. The molecule has 2 heteroatoms. The van der Waals surface area contributed by atoms with E-state index in [0.29, 0.717) is 5.54 Å². The second-order valence-corrected chi connectivity index (χ2v) is 5.92. The van der Waals surface area contributed by atoms with Crippen molar-refractivity contribution < 1.29 is 32.7 Å². The van der Waals surface area contributed by atoms with E-state index in [2.05, 4.69) is 36.2 Å². The van der Waals surface area contributed by atoms with Crippen molar-refractivity contribution in [3.05, 3.63) is 35.4 Å². The van der Waals surface area contributed by atoms with Gasteiger partial charge in [0.05, 0.1) is 0 Å². The van der Waals surface area contributed by atoms with Crippen molar-refractivity contribution in [1.29, 1.82) is 0 Å². The van der Waals surface area contributed by atoms with Gasteiger partial charge in [-0.05, 0) is 38.1 Å². The molecule has 1 unspecified atom stereocenters. The van der Waals surface area contributed by atoms with Crippen LogP contribution in [0.15, 0.2) is 18.2 Å². The smallest absolute Gasteiger partial charge is 0.0386 e. The summed E-state index contributed by atoms with van der Waals surface area (Å²) in [4.78, 5) is 2.60. The van der Waals surface area contributed by atoms with Crippen molar-refractivity contribution in [2.45, 2.75) is 31.2 Å². The van der Waals surface area contributed by atoms with E-state index in [1.54, 1.807) is 11.1 Å². The van der Waals surface area contributed by atoms with Crippen LogP contribution in [-0.2, 0) is 45.6 Å². The number of likely N-dealkylation sites (N-methyl/N-ethyl adjacent to an activating group) is 1. The Balaban J connectivity index is 0.000000902. The number of hydrogen-bond donors (Lipinski definition) is 0. The molecule has 4 atom stereocenters. The Morgan fingerprint density at radius 2 is 1.88 bits per heavy atom. The minimum atomic E-state index is 0. The first-order chi connectivity index (χ1) is 7.80. The molecule has 87 valence electrons. The van der Waals surface area contributed by atoms with E-state index < -0.39 is 0 Å². The summed E-state index contributed by atoms with van der Waals surface area (Å²) in [5.41, 5.74) is 3.78. The van der Waals surface area contributed by atoms with Gasteiger partial charge >= 0.3 is 0 Å². The molecule has 17 heavy (non-hydrogen) atoms. The molecule has 1 radical (unpaired) electrons. The van der Waals surface area contributed by atoms with Crippen LogP contribution in [0, 0.1) is 17.9 Å². The van der Waals surface area contributed by atoms with Crippen molar-refractivity contribution in [2.75, 3.05) is 13.6 Å². The van der Waals surface area contributed by atoms with Crippen molar-refractivity contribution in [3.63, 3.8) is 0 Å². The van der Waals surface area contributed by atoms with Gasteiger partial charge in [-0.2, -0.15) is 35.4 Å². The van der Waals surface area contributed by atoms with Crippen LogP contribution in [0.1, 0.15) is 24.0 Å². The first-order valence-corrected chi connectivity index (χ1v) is 6.50. The number of fused-ring (bicyclic) bond motifs is 1. The van der Waals surface area contributed by atoms with Gasteiger partial charge in [-0.15, -0.1) is 0 Å². The maximum atomic E-state index is 3.25. The number of hydrogen-bond acceptors (Lipinski definition) is 1. The van der Waals surface area contributed by atoms with Gasteiger partial charge in [-0.3, -0.25) is 4.90 Å². The Labute approximate surface area is 129 Å². The van der Waals surface area contributed by atoms with Crippen LogP contribution in [0.4, 0.5) is 0 Å². The van der Waals surface area contributed by atoms with Gasteiger partial charge < -0.3 is 0 Å². The van der Waals surface area contributed by atoms with Crippen molar-refractivity contribution in [1.82, 2.24) is 4.90 Å². The minimum Gasteiger partial charge on any atom is -0.297 e. The largest absolute Gasteiger partial charge is 0.297 e. The molecular weight excluding hydrogens is 283 g/mol. The second-order valence-electron chi connectivity index (χ2n) is 5.92. The zero-order valence-corrected chi connectivity index (χ0v) is 13.3. The molecule has 0 aromatic heterocycles. The summed E-state index contributed by atoms with van der Waals surface area (Å²) in [6.45, 7) is 1.35. The van der Waals surface area contributed by atoms with E-state index in [9.17, 15) is 0 Å². The van der Waals surface area contributed by atoms with Gasteiger partial charge in [0.25, 0.3) is 0 Å². The Bertz CT molecular complexity index is 409. The number of nitrogens with zero attached hydrogens (tertiary/aromatic N) is 1. The predicted octanol–water partition coefficient (Wildman–Crippen LogP) is 2.29. The average Bonchev–Trinajstić information content (AvgIpc) is 2.85. The van der Waals surface area contributed by atoms with Gasteiger partial charge in [0.1, 0.15) is 0 Å². The van der Waals surface area contributed by atoms with Gasteiger partial charge in [0.2, 0.25) is 0 Å². The van der Waals surface area contributed by atoms with E-state index in [-0.39, 0.29) is 32.7 Å². The summed E-state index contributed by atoms with van der Waals surface area (Å²) >= 11 is 0. The molecule has 2 fully saturated rings. The summed E-state index contributed by atoms with van der Waals surface area (Å²) in [6, 6.07) is 9.86. The van der Waals surface area contributed by atoms with Crippen LogP contribution in [0.25, 0.3) is 0 Å². The Hall–Kier alpha value is 0.284. The van der Waals surface area contributed by atoms with Crippen molar-refractivity contribution >= 4 is 0 Å². The van der Waals surface area contributed by atoms with E-state index in [4.69, 9.17) is 0 Å². The molecule has 1 aromatic carbocycles. The fourth-order valence-corrected chi connectivity index (χ4v) is 4.44. The molecule has 3 aliphatic rings. The summed E-state index contributed by atoms with van der Waals surface area (Å²) < 4.78 is 0. The second kappa shape index (κ2) is 4.15. The molecule has 1 aromatic rings. The fraction of sp³-hybridized carbons (Fsp3) is 0.600. The molecule has 1 nitrogen and oxygen atoms in total. The predicted molar refractivity (Wildman–Crippen MR) is 64.3 cm³/mol. The SMILES string of the molecule is CN1C[C@]12[C@@H]1CC[C@H]2Cc2c[c-]ccc2C1.[Y]. The molecule has 1 saturated carbocycles. The van der Waals surface area contributed by atoms with Gasteiger partial charge in [0.15, 0.2) is 0 Å². The van der Waals surface area contributed by atoms with Gasteiger partial charge in [-0.1, -0.05) is 6.42 Å². The van der Waals surface area contributed by atoms with E-state index in [1.165, 1.54) is 32.2 Å². The van der Waals surface area contributed by atoms with Crippen LogP contribution < -0.4 is 0 Å². The van der Waals surface area contributed by atoms with Crippen LogP contribution >= 0.6 is 0 Å². The zero-order chi connectivity index (χ0) is 10.8. The molecule has 0 amide bonds. The maximum absolute atomic E-state index is 3.25. The Kier molecular flexibility index (Phi) is 3.01. The van der Waals surface area contributed by atoms with Gasteiger partial charge in [0, 0.05) is 44.8 Å². The standard InChI is InChI=1S/C15H18N.Y/c1-16-10-15(16)13-6-7-14(15)9-12-5-3-2-4-11(12)8-13;/h2,4-5,13-14H,6-10H2,1H3;/q-1;/t13-,14+,15-,16?;/m1./s1. The van der Waals surface area contributed by atoms with Crippen molar-refractivity contribution in [3.8, 4) is 0 Å². The molecule has 1 aliphatic heterocycles. The first-order valence-electron chi connectivity index (χ1n) is 6.50. The Morgan fingerprint density at radius 3 is 2.53 bits per heavy atom. The van der Waals surface area contributed by atoms with Crippen LogP contribution in [0.2, 0.25) is 0 Å². The van der Waals surface area contributed by atoms with Gasteiger partial charge in [-0.25, -0.2) is 0 Å². The normalized spacial score (nSPS) is 41.6. The summed E-state index contributed by atoms with van der Waals surface area (Å²) in [6.07, 6.45) is 5.51. The molecular formula is C15H18NY-. The third kappa shape index (κ3) is 1.62. The van der Waals surface area contributed by atoms with Crippen LogP contribution in [0.3, 0.4) is 0 Å². The summed E-state index contributed by atoms with van der Waals surface area (Å²) in [7, 11) is 2.31.